The van der Waals surface area contributed by atoms with E-state index in [9.17, 15) is 14.9 Å². The first kappa shape index (κ1) is 12.1. The van der Waals surface area contributed by atoms with Crippen LogP contribution in [0.4, 0.5) is 5.82 Å². The van der Waals surface area contributed by atoms with Crippen molar-refractivity contribution in [2.75, 3.05) is 13.1 Å². The Labute approximate surface area is 91.6 Å². The Morgan fingerprint density at radius 2 is 2.44 bits per heavy atom. The molecule has 0 spiro atoms. The van der Waals surface area contributed by atoms with E-state index in [1.807, 2.05) is 0 Å². The van der Waals surface area contributed by atoms with Crippen molar-refractivity contribution in [1.29, 1.82) is 0 Å². The maximum absolute atomic E-state index is 11.3. The molecule has 1 amide bonds. The molecule has 8 nitrogen and oxygen atoms in total. The zero-order valence-electron chi connectivity index (χ0n) is 8.63. The lowest BCUT2D eigenvalue weighted by Gasteiger charge is -2.01. The summed E-state index contributed by atoms with van der Waals surface area (Å²) in [7, 11) is 0. The number of nitrogens with zero attached hydrogens (tertiary/aromatic N) is 3. The Bertz CT molecular complexity index is 376. The summed E-state index contributed by atoms with van der Waals surface area (Å²) in [5, 5.41) is 16.6. The molecule has 0 aliphatic heterocycles. The van der Waals surface area contributed by atoms with Crippen molar-refractivity contribution >= 4 is 11.7 Å². The zero-order valence-corrected chi connectivity index (χ0v) is 8.63. The van der Waals surface area contributed by atoms with Gasteiger partial charge in [0.1, 0.15) is 6.54 Å². The van der Waals surface area contributed by atoms with Gasteiger partial charge in [-0.05, 0) is 17.9 Å². The monoisotopic (exact) mass is 227 g/mol. The third-order valence-corrected chi connectivity index (χ3v) is 1.82. The third kappa shape index (κ3) is 3.65. The van der Waals surface area contributed by atoms with Crippen molar-refractivity contribution < 1.29 is 9.72 Å². The van der Waals surface area contributed by atoms with Crippen molar-refractivity contribution in [1.82, 2.24) is 15.1 Å². The Kier molecular flexibility index (Phi) is 4.40. The van der Waals surface area contributed by atoms with E-state index in [1.165, 1.54) is 16.9 Å². The molecule has 0 saturated heterocycles. The molecule has 0 fully saturated rings. The fraction of sp³-hybridized carbons (Fsp3) is 0.500. The average molecular weight is 227 g/mol. The molecular formula is C8H13N5O3. The predicted molar refractivity (Wildman–Crippen MR) is 55.6 cm³/mol. The lowest BCUT2D eigenvalue weighted by molar-refractivity contribution is -0.389. The molecular weight excluding hydrogens is 214 g/mol. The molecule has 3 N–H and O–H groups in total. The number of hydrogen-bond donors (Lipinski definition) is 2. The second-order valence-electron chi connectivity index (χ2n) is 3.12. The number of nitro groups is 1. The van der Waals surface area contributed by atoms with Crippen LogP contribution in [0.2, 0.25) is 0 Å². The molecule has 16 heavy (non-hydrogen) atoms. The largest absolute Gasteiger partial charge is 0.389 e. The number of carbonyl (C=O) groups is 1. The highest BCUT2D eigenvalue weighted by Gasteiger charge is 2.12. The smallest absolute Gasteiger partial charge is 0.358 e. The van der Waals surface area contributed by atoms with Gasteiger partial charge in [0.05, 0.1) is 17.4 Å². The van der Waals surface area contributed by atoms with Crippen molar-refractivity contribution in [3.63, 3.8) is 0 Å². The first-order chi connectivity index (χ1) is 7.63. The molecule has 0 saturated carbocycles. The SMILES string of the molecule is NCCCNC(=O)Cn1ccc([N+](=O)[O-])n1. The van der Waals surface area contributed by atoms with Gasteiger partial charge in [-0.25, -0.2) is 0 Å². The molecule has 1 aromatic rings. The number of nitrogens with one attached hydrogen (secondary N) is 1. The lowest BCUT2D eigenvalue weighted by atomic mass is 10.4. The van der Waals surface area contributed by atoms with Gasteiger partial charge < -0.3 is 21.2 Å². The summed E-state index contributed by atoms with van der Waals surface area (Å²) >= 11 is 0. The molecule has 88 valence electrons. The van der Waals surface area contributed by atoms with E-state index in [2.05, 4.69) is 10.4 Å². The zero-order chi connectivity index (χ0) is 12.0. The van der Waals surface area contributed by atoms with Gasteiger partial charge in [0.15, 0.2) is 0 Å². The van der Waals surface area contributed by atoms with Gasteiger partial charge in [0, 0.05) is 6.54 Å². The molecule has 0 aliphatic carbocycles. The van der Waals surface area contributed by atoms with E-state index in [-0.39, 0.29) is 18.3 Å². The van der Waals surface area contributed by atoms with Crippen molar-refractivity contribution in [2.24, 2.45) is 5.73 Å². The van der Waals surface area contributed by atoms with Crippen LogP contribution in [-0.4, -0.2) is 33.7 Å². The topological polar surface area (TPSA) is 116 Å². The molecule has 0 unspecified atom stereocenters. The first-order valence-corrected chi connectivity index (χ1v) is 4.78. The Hall–Kier alpha value is -1.96. The van der Waals surface area contributed by atoms with Gasteiger partial charge in [-0.3, -0.25) is 4.79 Å². The summed E-state index contributed by atoms with van der Waals surface area (Å²) in [6, 6.07) is 1.24. The molecule has 8 heteroatoms. The summed E-state index contributed by atoms with van der Waals surface area (Å²) in [4.78, 5) is 21.0. The van der Waals surface area contributed by atoms with Crippen molar-refractivity contribution in [3.8, 4) is 0 Å². The van der Waals surface area contributed by atoms with Gasteiger partial charge in [-0.2, -0.15) is 4.68 Å². The van der Waals surface area contributed by atoms with E-state index in [4.69, 9.17) is 5.73 Å². The third-order valence-electron chi connectivity index (χ3n) is 1.82. The van der Waals surface area contributed by atoms with Gasteiger partial charge in [0.2, 0.25) is 5.91 Å². The molecule has 1 aromatic heterocycles. The summed E-state index contributed by atoms with van der Waals surface area (Å²) in [5.41, 5.74) is 5.26. The molecule has 1 heterocycles. The Morgan fingerprint density at radius 3 is 3.00 bits per heavy atom. The van der Waals surface area contributed by atoms with Crippen molar-refractivity contribution in [2.45, 2.75) is 13.0 Å². The highest BCUT2D eigenvalue weighted by atomic mass is 16.6. The lowest BCUT2D eigenvalue weighted by Crippen LogP contribution is -2.29. The van der Waals surface area contributed by atoms with E-state index in [0.29, 0.717) is 19.5 Å². The van der Waals surface area contributed by atoms with Crippen LogP contribution in [0.15, 0.2) is 12.3 Å². The molecule has 0 bridgehead atoms. The summed E-state index contributed by atoms with van der Waals surface area (Å²) in [5.74, 6) is -0.513. The summed E-state index contributed by atoms with van der Waals surface area (Å²) < 4.78 is 1.22. The standard InChI is InChI=1S/C8H13N5O3/c9-3-1-4-10-8(14)6-12-5-2-7(11-12)13(15)16/h2,5H,1,3-4,6,9H2,(H,10,14). The second-order valence-corrected chi connectivity index (χ2v) is 3.12. The van der Waals surface area contributed by atoms with Crippen molar-refractivity contribution in [3.05, 3.63) is 22.4 Å². The molecule has 0 radical (unpaired) electrons. The minimum atomic E-state index is -0.608. The maximum atomic E-state index is 11.3. The van der Waals surface area contributed by atoms with E-state index < -0.39 is 4.92 Å². The number of amides is 1. The van der Waals surface area contributed by atoms with E-state index >= 15 is 0 Å². The minimum absolute atomic E-state index is 0.0294. The van der Waals surface area contributed by atoms with Crippen LogP contribution in [0, 0.1) is 10.1 Å². The van der Waals surface area contributed by atoms with Crippen LogP contribution in [0.25, 0.3) is 0 Å². The van der Waals surface area contributed by atoms with Crippen LogP contribution < -0.4 is 11.1 Å². The Balaban J connectivity index is 2.40. The highest BCUT2D eigenvalue weighted by Crippen LogP contribution is 2.04. The summed E-state index contributed by atoms with van der Waals surface area (Å²) in [6.07, 6.45) is 2.09. The fourth-order valence-corrected chi connectivity index (χ4v) is 1.07. The quantitative estimate of drug-likeness (QED) is 0.377. The molecule has 0 aromatic carbocycles. The number of rotatable bonds is 6. The number of hydrogen-bond acceptors (Lipinski definition) is 5. The van der Waals surface area contributed by atoms with Crippen LogP contribution in [0.5, 0.6) is 0 Å². The van der Waals surface area contributed by atoms with Crippen LogP contribution in [0.3, 0.4) is 0 Å². The average Bonchev–Trinajstić information content (AvgIpc) is 2.66. The van der Waals surface area contributed by atoms with Crippen LogP contribution >= 0.6 is 0 Å². The number of carbonyl (C=O) groups excluding carboxylic acids is 1. The molecule has 0 aliphatic rings. The number of nitrogens with two attached hydrogens (primary N) is 1. The predicted octanol–water partition coefficient (Wildman–Crippen LogP) is -0.744. The summed E-state index contributed by atoms with van der Waals surface area (Å²) in [6.45, 7) is 0.977. The second kappa shape index (κ2) is 5.81. The normalized spacial score (nSPS) is 10.1. The van der Waals surface area contributed by atoms with Crippen LogP contribution in [0.1, 0.15) is 6.42 Å². The van der Waals surface area contributed by atoms with Crippen LogP contribution in [-0.2, 0) is 11.3 Å². The van der Waals surface area contributed by atoms with E-state index in [1.54, 1.807) is 0 Å². The highest BCUT2D eigenvalue weighted by molar-refractivity contribution is 5.75. The van der Waals surface area contributed by atoms with Gasteiger partial charge in [0.25, 0.3) is 0 Å². The maximum Gasteiger partial charge on any atom is 0.389 e. The number of aromatic nitrogens is 2. The first-order valence-electron chi connectivity index (χ1n) is 4.78. The van der Waals surface area contributed by atoms with Gasteiger partial charge >= 0.3 is 5.82 Å². The minimum Gasteiger partial charge on any atom is -0.358 e. The van der Waals surface area contributed by atoms with Gasteiger partial charge in [-0.1, -0.05) is 0 Å². The van der Waals surface area contributed by atoms with Gasteiger partial charge in [-0.15, -0.1) is 0 Å². The fourth-order valence-electron chi connectivity index (χ4n) is 1.07. The Morgan fingerprint density at radius 1 is 1.69 bits per heavy atom. The molecule has 1 rings (SSSR count). The molecule has 0 atom stereocenters. The van der Waals surface area contributed by atoms with E-state index in [0.717, 1.165) is 0 Å².